The Hall–Kier alpha value is -4.68. The summed E-state index contributed by atoms with van der Waals surface area (Å²) in [4.78, 5) is 32.6. The van der Waals surface area contributed by atoms with Crippen LogP contribution in [0.4, 0.5) is 19.0 Å². The molecule has 0 saturated carbocycles. The number of alkyl halides is 3. The van der Waals surface area contributed by atoms with Crippen molar-refractivity contribution >= 4 is 23.3 Å². The summed E-state index contributed by atoms with van der Waals surface area (Å²) in [5.41, 5.74) is 1.96. The number of carbonyl (C=O) groups is 2. The Morgan fingerprint density at radius 1 is 1.14 bits per heavy atom. The standard InChI is InChI=1S/C23H19F3N6O4/c1-13(33)29-19-12-32-20(30-19)7-6-18(31-32)15-9-17(22(35-2)28-11-15)21(34)27-10-14-4-3-5-16(8-14)36-23(24,25)26/h3-9,11-12H,10H2,1-2H3,(H,27,34)(H,29,33). The van der Waals surface area contributed by atoms with Gasteiger partial charge >= 0.3 is 6.36 Å². The van der Waals surface area contributed by atoms with Gasteiger partial charge < -0.3 is 20.1 Å². The summed E-state index contributed by atoms with van der Waals surface area (Å²) in [7, 11) is 1.36. The Bertz CT molecular complexity index is 1440. The summed E-state index contributed by atoms with van der Waals surface area (Å²) < 4.78 is 48.0. The van der Waals surface area contributed by atoms with Gasteiger partial charge in [0.2, 0.25) is 11.8 Å². The third-order valence-electron chi connectivity index (χ3n) is 4.79. The Labute approximate surface area is 202 Å². The lowest BCUT2D eigenvalue weighted by Crippen LogP contribution is -2.24. The van der Waals surface area contributed by atoms with Crippen LogP contribution in [0, 0.1) is 0 Å². The molecule has 0 radical (unpaired) electrons. The topological polar surface area (TPSA) is 120 Å². The van der Waals surface area contributed by atoms with Gasteiger partial charge in [-0.15, -0.1) is 13.2 Å². The number of nitrogens with zero attached hydrogens (tertiary/aromatic N) is 4. The van der Waals surface area contributed by atoms with Crippen LogP contribution in [0.25, 0.3) is 16.9 Å². The molecule has 0 bridgehead atoms. The normalized spacial score (nSPS) is 11.2. The van der Waals surface area contributed by atoms with Crippen LogP contribution in [-0.2, 0) is 11.3 Å². The number of anilines is 1. The Morgan fingerprint density at radius 3 is 2.67 bits per heavy atom. The number of nitrogens with one attached hydrogen (secondary N) is 2. The number of pyridine rings is 1. The van der Waals surface area contributed by atoms with E-state index in [0.29, 0.717) is 28.3 Å². The molecule has 1 aromatic carbocycles. The molecule has 0 aliphatic heterocycles. The van der Waals surface area contributed by atoms with E-state index < -0.39 is 18.0 Å². The molecule has 3 aromatic heterocycles. The molecule has 3 heterocycles. The zero-order valence-corrected chi connectivity index (χ0v) is 19.0. The predicted molar refractivity (Wildman–Crippen MR) is 121 cm³/mol. The van der Waals surface area contributed by atoms with Crippen LogP contribution in [0.5, 0.6) is 11.6 Å². The van der Waals surface area contributed by atoms with E-state index in [1.54, 1.807) is 24.4 Å². The molecule has 0 atom stereocenters. The highest BCUT2D eigenvalue weighted by Gasteiger charge is 2.31. The highest BCUT2D eigenvalue weighted by molar-refractivity contribution is 5.97. The maximum atomic E-state index is 12.9. The number of rotatable bonds is 7. The quantitative estimate of drug-likeness (QED) is 0.398. The lowest BCUT2D eigenvalue weighted by Gasteiger charge is -2.12. The fraction of sp³-hybridized carbons (Fsp3) is 0.174. The van der Waals surface area contributed by atoms with Crippen molar-refractivity contribution in [1.82, 2.24) is 24.9 Å². The molecule has 2 amide bonds. The van der Waals surface area contributed by atoms with E-state index >= 15 is 0 Å². The molecule has 4 rings (SSSR count). The van der Waals surface area contributed by atoms with E-state index in [-0.39, 0.29) is 23.9 Å². The number of carbonyl (C=O) groups excluding carboxylic acids is 2. The first-order chi connectivity index (χ1) is 17.1. The van der Waals surface area contributed by atoms with E-state index in [4.69, 9.17) is 4.74 Å². The maximum Gasteiger partial charge on any atom is 0.573 e. The summed E-state index contributed by atoms with van der Waals surface area (Å²) in [5.74, 6) is -0.821. The van der Waals surface area contributed by atoms with Crippen LogP contribution >= 0.6 is 0 Å². The van der Waals surface area contributed by atoms with Crippen LogP contribution in [0.15, 0.2) is 54.9 Å². The van der Waals surface area contributed by atoms with E-state index in [1.165, 1.54) is 49.0 Å². The van der Waals surface area contributed by atoms with Crippen molar-refractivity contribution in [2.24, 2.45) is 0 Å². The summed E-state index contributed by atoms with van der Waals surface area (Å²) >= 11 is 0. The molecule has 2 N–H and O–H groups in total. The van der Waals surface area contributed by atoms with Gasteiger partial charge in [0, 0.05) is 25.2 Å². The molecule has 0 saturated heterocycles. The monoisotopic (exact) mass is 500 g/mol. The number of halogens is 3. The van der Waals surface area contributed by atoms with Gasteiger partial charge in [-0.25, -0.2) is 14.5 Å². The van der Waals surface area contributed by atoms with Crippen LogP contribution < -0.4 is 20.1 Å². The number of hydrogen-bond acceptors (Lipinski definition) is 7. The second-order valence-corrected chi connectivity index (χ2v) is 7.49. The van der Waals surface area contributed by atoms with Gasteiger partial charge in [-0.05, 0) is 35.9 Å². The van der Waals surface area contributed by atoms with Crippen LogP contribution in [0.3, 0.4) is 0 Å². The molecule has 0 fully saturated rings. The van der Waals surface area contributed by atoms with E-state index in [1.807, 2.05) is 0 Å². The van der Waals surface area contributed by atoms with Crippen molar-refractivity contribution in [1.29, 1.82) is 0 Å². The first-order valence-corrected chi connectivity index (χ1v) is 10.4. The average molecular weight is 500 g/mol. The number of fused-ring (bicyclic) bond motifs is 1. The third-order valence-corrected chi connectivity index (χ3v) is 4.79. The van der Waals surface area contributed by atoms with Crippen molar-refractivity contribution < 1.29 is 32.2 Å². The fourth-order valence-electron chi connectivity index (χ4n) is 3.32. The minimum atomic E-state index is -4.82. The molecule has 0 aliphatic carbocycles. The Balaban J connectivity index is 1.55. The molecule has 13 heteroatoms. The second-order valence-electron chi connectivity index (χ2n) is 7.49. The maximum absolute atomic E-state index is 12.9. The van der Waals surface area contributed by atoms with Crippen LogP contribution in [0.2, 0.25) is 0 Å². The largest absolute Gasteiger partial charge is 0.573 e. The smallest absolute Gasteiger partial charge is 0.480 e. The number of ether oxygens (including phenoxy) is 2. The number of benzene rings is 1. The zero-order chi connectivity index (χ0) is 25.9. The summed E-state index contributed by atoms with van der Waals surface area (Å²) in [6, 6.07) is 10.2. The average Bonchev–Trinajstić information content (AvgIpc) is 3.22. The van der Waals surface area contributed by atoms with Crippen molar-refractivity contribution in [3.8, 4) is 22.9 Å². The van der Waals surface area contributed by atoms with Gasteiger partial charge in [0.25, 0.3) is 5.91 Å². The van der Waals surface area contributed by atoms with Gasteiger partial charge in [-0.1, -0.05) is 12.1 Å². The highest BCUT2D eigenvalue weighted by Crippen LogP contribution is 2.25. The van der Waals surface area contributed by atoms with Crippen molar-refractivity contribution in [3.05, 3.63) is 66.0 Å². The van der Waals surface area contributed by atoms with Crippen LogP contribution in [-0.4, -0.2) is 44.9 Å². The number of hydrogen-bond donors (Lipinski definition) is 2. The molecule has 4 aromatic rings. The lowest BCUT2D eigenvalue weighted by atomic mass is 10.1. The molecular weight excluding hydrogens is 481 g/mol. The SMILES string of the molecule is COc1ncc(-c2ccc3nc(NC(C)=O)cn3n2)cc1C(=O)NCc1cccc(OC(F)(F)F)c1. The molecule has 0 aliphatic rings. The highest BCUT2D eigenvalue weighted by atomic mass is 19.4. The van der Waals surface area contributed by atoms with Crippen molar-refractivity contribution in [3.63, 3.8) is 0 Å². The molecular formula is C23H19F3N6O4. The molecule has 36 heavy (non-hydrogen) atoms. The number of aromatic nitrogens is 4. The van der Waals surface area contributed by atoms with Crippen LogP contribution in [0.1, 0.15) is 22.8 Å². The molecule has 186 valence electrons. The number of amides is 2. The first-order valence-electron chi connectivity index (χ1n) is 10.4. The van der Waals surface area contributed by atoms with E-state index in [2.05, 4.69) is 30.4 Å². The molecule has 0 spiro atoms. The van der Waals surface area contributed by atoms with E-state index in [0.717, 1.165) is 0 Å². The summed E-state index contributed by atoms with van der Waals surface area (Å²) in [6.45, 7) is 1.30. The molecule has 0 unspecified atom stereocenters. The Kier molecular flexibility index (Phi) is 6.72. The van der Waals surface area contributed by atoms with Gasteiger partial charge in [0.05, 0.1) is 19.0 Å². The third kappa shape index (κ3) is 5.87. The van der Waals surface area contributed by atoms with E-state index in [9.17, 15) is 22.8 Å². The predicted octanol–water partition coefficient (Wildman–Crippen LogP) is 3.59. The second kappa shape index (κ2) is 9.90. The first kappa shape index (κ1) is 24.4. The summed E-state index contributed by atoms with van der Waals surface area (Å²) in [6.07, 6.45) is -1.80. The van der Waals surface area contributed by atoms with Gasteiger partial charge in [0.15, 0.2) is 11.5 Å². The van der Waals surface area contributed by atoms with Crippen molar-refractivity contribution in [2.75, 3.05) is 12.4 Å². The van der Waals surface area contributed by atoms with Crippen molar-refractivity contribution in [2.45, 2.75) is 19.8 Å². The minimum absolute atomic E-state index is 0.0575. The lowest BCUT2D eigenvalue weighted by molar-refractivity contribution is -0.274. The summed E-state index contributed by atoms with van der Waals surface area (Å²) in [5, 5.41) is 9.66. The van der Waals surface area contributed by atoms with Gasteiger partial charge in [0.1, 0.15) is 11.3 Å². The Morgan fingerprint density at radius 2 is 1.94 bits per heavy atom. The zero-order valence-electron chi connectivity index (χ0n) is 19.0. The number of methoxy groups -OCH3 is 1. The fourth-order valence-corrected chi connectivity index (χ4v) is 3.32. The van der Waals surface area contributed by atoms with Gasteiger partial charge in [-0.3, -0.25) is 9.59 Å². The number of imidazole rings is 1. The minimum Gasteiger partial charge on any atom is -0.480 e. The van der Waals surface area contributed by atoms with Gasteiger partial charge in [-0.2, -0.15) is 5.10 Å². The molecule has 10 nitrogen and oxygen atoms in total.